The van der Waals surface area contributed by atoms with E-state index in [1.807, 2.05) is 20.8 Å². The second kappa shape index (κ2) is 9.20. The first kappa shape index (κ1) is 19.2. The zero-order chi connectivity index (χ0) is 16.5. The topological polar surface area (TPSA) is 99.3 Å². The third-order valence-corrected chi connectivity index (χ3v) is 2.61. The summed E-state index contributed by atoms with van der Waals surface area (Å²) in [5, 5.41) is 10.7. The van der Waals surface area contributed by atoms with Gasteiger partial charge in [0.05, 0.1) is 0 Å². The van der Waals surface area contributed by atoms with Crippen LogP contribution in [0.4, 0.5) is 4.79 Å². The van der Waals surface area contributed by atoms with Gasteiger partial charge in [0.2, 0.25) is 11.8 Å². The number of hydrogen-bond donors (Lipinski definition) is 4. The number of amides is 4. The summed E-state index contributed by atoms with van der Waals surface area (Å²) < 4.78 is 0. The first-order chi connectivity index (χ1) is 9.64. The molecule has 0 aliphatic heterocycles. The van der Waals surface area contributed by atoms with Crippen LogP contribution in [0.5, 0.6) is 0 Å². The van der Waals surface area contributed by atoms with Crippen LogP contribution in [0.1, 0.15) is 34.6 Å². The van der Waals surface area contributed by atoms with Gasteiger partial charge >= 0.3 is 6.03 Å². The van der Waals surface area contributed by atoms with Crippen molar-refractivity contribution < 1.29 is 14.4 Å². The fraction of sp³-hybridized carbons (Fsp3) is 0.786. The lowest BCUT2D eigenvalue weighted by molar-refractivity contribution is -0.128. The average molecular weight is 300 g/mol. The van der Waals surface area contributed by atoms with E-state index in [0.717, 1.165) is 0 Å². The number of urea groups is 1. The van der Waals surface area contributed by atoms with Gasteiger partial charge in [0.25, 0.3) is 0 Å². The molecule has 0 heterocycles. The Bertz CT molecular complexity index is 362. The molecule has 4 amide bonds. The normalized spacial score (nSPS) is 11.0. The molecule has 0 saturated carbocycles. The lowest BCUT2D eigenvalue weighted by Gasteiger charge is -2.17. The highest BCUT2D eigenvalue weighted by molar-refractivity contribution is 5.81. The van der Waals surface area contributed by atoms with E-state index < -0.39 is 5.41 Å². The van der Waals surface area contributed by atoms with Crippen LogP contribution >= 0.6 is 0 Å². The zero-order valence-corrected chi connectivity index (χ0v) is 13.6. The molecule has 0 fully saturated rings. The summed E-state index contributed by atoms with van der Waals surface area (Å²) in [6.45, 7) is 10.6. The van der Waals surface area contributed by atoms with Crippen LogP contribution in [0.2, 0.25) is 0 Å². The molecule has 0 aliphatic carbocycles. The van der Waals surface area contributed by atoms with E-state index in [4.69, 9.17) is 0 Å². The number of rotatable bonds is 7. The molecule has 21 heavy (non-hydrogen) atoms. The summed E-state index contributed by atoms with van der Waals surface area (Å²) >= 11 is 0. The fourth-order valence-corrected chi connectivity index (χ4v) is 1.25. The van der Waals surface area contributed by atoms with E-state index in [1.165, 1.54) is 0 Å². The van der Waals surface area contributed by atoms with Crippen molar-refractivity contribution in [1.82, 2.24) is 21.3 Å². The molecule has 4 N–H and O–H groups in total. The Morgan fingerprint density at radius 3 is 1.67 bits per heavy atom. The number of nitrogens with one attached hydrogen (secondary N) is 4. The highest BCUT2D eigenvalue weighted by Gasteiger charge is 2.20. The van der Waals surface area contributed by atoms with Crippen LogP contribution in [-0.4, -0.2) is 44.0 Å². The maximum atomic E-state index is 11.6. The molecule has 0 rings (SSSR count). The Balaban J connectivity index is 3.60. The summed E-state index contributed by atoms with van der Waals surface area (Å²) in [6, 6.07) is -0.321. The minimum absolute atomic E-state index is 0.0397. The molecule has 0 aromatic rings. The van der Waals surface area contributed by atoms with Crippen molar-refractivity contribution in [2.75, 3.05) is 26.2 Å². The molecule has 0 saturated heterocycles. The molecule has 122 valence electrons. The molecular weight excluding hydrogens is 272 g/mol. The van der Waals surface area contributed by atoms with Gasteiger partial charge in [0, 0.05) is 37.5 Å². The quantitative estimate of drug-likeness (QED) is 0.506. The van der Waals surface area contributed by atoms with Crippen LogP contribution in [-0.2, 0) is 9.59 Å². The first-order valence-electron chi connectivity index (χ1n) is 7.22. The lowest BCUT2D eigenvalue weighted by atomic mass is 9.96. The average Bonchev–Trinajstić information content (AvgIpc) is 2.37. The minimum Gasteiger partial charge on any atom is -0.354 e. The molecule has 0 bridgehead atoms. The Morgan fingerprint density at radius 2 is 1.24 bits per heavy atom. The van der Waals surface area contributed by atoms with Crippen molar-refractivity contribution >= 4 is 17.8 Å². The van der Waals surface area contributed by atoms with Gasteiger partial charge in [-0.25, -0.2) is 4.79 Å². The Morgan fingerprint density at radius 1 is 0.810 bits per heavy atom. The van der Waals surface area contributed by atoms with Crippen LogP contribution in [0.15, 0.2) is 0 Å². The largest absolute Gasteiger partial charge is 0.354 e. The van der Waals surface area contributed by atoms with E-state index in [1.54, 1.807) is 13.8 Å². The Hall–Kier alpha value is -1.79. The standard InChI is InChI=1S/C14H28N4O3/c1-10(2)11(19)15-6-8-17-13(21)18-9-7-16-12(20)14(3,4)5/h10H,6-9H2,1-5H3,(H,15,19)(H,16,20)(H2,17,18,21). The van der Waals surface area contributed by atoms with Crippen molar-refractivity contribution in [3.63, 3.8) is 0 Å². The highest BCUT2D eigenvalue weighted by atomic mass is 16.2. The van der Waals surface area contributed by atoms with Gasteiger partial charge in [-0.15, -0.1) is 0 Å². The van der Waals surface area contributed by atoms with Gasteiger partial charge in [0.1, 0.15) is 0 Å². The monoisotopic (exact) mass is 300 g/mol. The van der Waals surface area contributed by atoms with E-state index in [-0.39, 0.29) is 23.8 Å². The smallest absolute Gasteiger partial charge is 0.314 e. The third-order valence-electron chi connectivity index (χ3n) is 2.61. The number of carbonyl (C=O) groups is 3. The predicted molar refractivity (Wildman–Crippen MR) is 81.7 cm³/mol. The van der Waals surface area contributed by atoms with Crippen molar-refractivity contribution in [1.29, 1.82) is 0 Å². The number of hydrogen-bond acceptors (Lipinski definition) is 3. The van der Waals surface area contributed by atoms with E-state index in [9.17, 15) is 14.4 Å². The van der Waals surface area contributed by atoms with Crippen molar-refractivity contribution in [3.8, 4) is 0 Å². The highest BCUT2D eigenvalue weighted by Crippen LogP contribution is 2.11. The fourth-order valence-electron chi connectivity index (χ4n) is 1.25. The van der Waals surface area contributed by atoms with Crippen molar-refractivity contribution in [2.24, 2.45) is 11.3 Å². The number of carbonyl (C=O) groups excluding carboxylic acids is 3. The molecule has 7 nitrogen and oxygen atoms in total. The molecule has 0 radical (unpaired) electrons. The van der Waals surface area contributed by atoms with Gasteiger partial charge < -0.3 is 21.3 Å². The SMILES string of the molecule is CC(C)C(=O)NCCNC(=O)NCCNC(=O)C(C)(C)C. The summed E-state index contributed by atoms with van der Waals surface area (Å²) in [4.78, 5) is 34.2. The Kier molecular flexibility index (Phi) is 8.42. The van der Waals surface area contributed by atoms with Crippen molar-refractivity contribution in [3.05, 3.63) is 0 Å². The first-order valence-corrected chi connectivity index (χ1v) is 7.22. The van der Waals surface area contributed by atoms with Crippen LogP contribution in [0.3, 0.4) is 0 Å². The van der Waals surface area contributed by atoms with Crippen molar-refractivity contribution in [2.45, 2.75) is 34.6 Å². The zero-order valence-electron chi connectivity index (χ0n) is 13.6. The van der Waals surface area contributed by atoms with E-state index >= 15 is 0 Å². The molecular formula is C14H28N4O3. The van der Waals surface area contributed by atoms with Crippen LogP contribution in [0.25, 0.3) is 0 Å². The minimum atomic E-state index is -0.434. The van der Waals surface area contributed by atoms with Gasteiger partial charge in [-0.05, 0) is 0 Å². The summed E-state index contributed by atoms with van der Waals surface area (Å²) in [6.07, 6.45) is 0. The van der Waals surface area contributed by atoms with E-state index in [2.05, 4.69) is 21.3 Å². The van der Waals surface area contributed by atoms with Gasteiger partial charge in [-0.1, -0.05) is 34.6 Å². The molecule has 0 aromatic carbocycles. The second-order valence-electron chi connectivity index (χ2n) is 6.13. The molecule has 0 aliphatic rings. The summed E-state index contributed by atoms with van der Waals surface area (Å²) in [5.74, 6) is -0.159. The summed E-state index contributed by atoms with van der Waals surface area (Å²) in [7, 11) is 0. The van der Waals surface area contributed by atoms with E-state index in [0.29, 0.717) is 26.2 Å². The van der Waals surface area contributed by atoms with Gasteiger partial charge in [-0.3, -0.25) is 9.59 Å². The summed E-state index contributed by atoms with van der Waals surface area (Å²) in [5.41, 5.74) is -0.434. The molecule has 0 atom stereocenters. The molecule has 0 spiro atoms. The lowest BCUT2D eigenvalue weighted by Crippen LogP contribution is -2.44. The van der Waals surface area contributed by atoms with Crippen LogP contribution < -0.4 is 21.3 Å². The van der Waals surface area contributed by atoms with Gasteiger partial charge in [0.15, 0.2) is 0 Å². The second-order valence-corrected chi connectivity index (χ2v) is 6.13. The third kappa shape index (κ3) is 9.70. The maximum Gasteiger partial charge on any atom is 0.314 e. The predicted octanol–water partition coefficient (Wildman–Crippen LogP) is 0.220. The maximum absolute atomic E-state index is 11.6. The molecule has 0 aromatic heterocycles. The molecule has 7 heteroatoms. The van der Waals surface area contributed by atoms with Crippen LogP contribution in [0, 0.1) is 11.3 Å². The Labute approximate surface area is 126 Å². The molecule has 0 unspecified atom stereocenters. The van der Waals surface area contributed by atoms with Gasteiger partial charge in [-0.2, -0.15) is 0 Å².